The Morgan fingerprint density at radius 3 is 3.00 bits per heavy atom. The van der Waals surface area contributed by atoms with Crippen LogP contribution in [0.4, 0.5) is 0 Å². The van der Waals surface area contributed by atoms with Crippen LogP contribution in [-0.2, 0) is 13.5 Å². The van der Waals surface area contributed by atoms with E-state index in [2.05, 4.69) is 17.0 Å². The minimum Gasteiger partial charge on any atom is -0.352 e. The molecule has 2 heterocycles. The third-order valence-electron chi connectivity index (χ3n) is 3.19. The maximum Gasteiger partial charge on any atom is 0.215 e. The van der Waals surface area contributed by atoms with Gasteiger partial charge in [0.05, 0.1) is 17.2 Å². The van der Waals surface area contributed by atoms with Crippen molar-refractivity contribution in [2.45, 2.75) is 13.3 Å². The van der Waals surface area contributed by atoms with Crippen LogP contribution in [0.2, 0.25) is 0 Å². The Morgan fingerprint density at radius 2 is 2.24 bits per heavy atom. The molecule has 3 rings (SSSR count). The molecule has 0 amide bonds. The van der Waals surface area contributed by atoms with Crippen LogP contribution in [0.1, 0.15) is 12.5 Å². The van der Waals surface area contributed by atoms with Crippen LogP contribution < -0.4 is 5.43 Å². The summed E-state index contributed by atoms with van der Waals surface area (Å²) >= 11 is 0. The zero-order valence-electron chi connectivity index (χ0n) is 9.82. The Bertz CT molecular complexity index is 767. The summed E-state index contributed by atoms with van der Waals surface area (Å²) < 4.78 is 1.62. The van der Waals surface area contributed by atoms with Gasteiger partial charge in [0.25, 0.3) is 0 Å². The molecule has 2 aromatic heterocycles. The molecule has 0 spiro atoms. The van der Waals surface area contributed by atoms with E-state index in [9.17, 15) is 4.79 Å². The average Bonchev–Trinajstić information content (AvgIpc) is 2.71. The molecule has 0 saturated carbocycles. The van der Waals surface area contributed by atoms with Gasteiger partial charge in [0.1, 0.15) is 5.52 Å². The maximum atomic E-state index is 12.4. The minimum atomic E-state index is 0.0454. The predicted octanol–water partition coefficient (Wildman–Crippen LogP) is 1.98. The first kappa shape index (κ1) is 10.1. The molecule has 86 valence electrons. The number of para-hydroxylation sites is 1. The van der Waals surface area contributed by atoms with Crippen LogP contribution in [0.5, 0.6) is 0 Å². The van der Waals surface area contributed by atoms with Crippen molar-refractivity contribution in [3.63, 3.8) is 0 Å². The number of benzene rings is 1. The lowest BCUT2D eigenvalue weighted by Crippen LogP contribution is -2.08. The summed E-state index contributed by atoms with van der Waals surface area (Å²) in [5, 5.41) is 4.86. The number of hydrogen-bond acceptors (Lipinski definition) is 2. The van der Waals surface area contributed by atoms with Gasteiger partial charge in [-0.1, -0.05) is 19.1 Å². The molecule has 1 N–H and O–H groups in total. The second-order valence-corrected chi connectivity index (χ2v) is 4.18. The number of aryl methyl sites for hydroxylation is 2. The van der Waals surface area contributed by atoms with Gasteiger partial charge in [0.2, 0.25) is 5.43 Å². The molecule has 0 fully saturated rings. The summed E-state index contributed by atoms with van der Waals surface area (Å²) in [6.45, 7) is 2.08. The van der Waals surface area contributed by atoms with Crippen LogP contribution >= 0.6 is 0 Å². The summed E-state index contributed by atoms with van der Waals surface area (Å²) in [4.78, 5) is 15.7. The molecular weight excluding hydrogens is 214 g/mol. The lowest BCUT2D eigenvalue weighted by Gasteiger charge is -2.04. The maximum absolute atomic E-state index is 12.4. The van der Waals surface area contributed by atoms with Gasteiger partial charge in [-0.05, 0) is 18.1 Å². The second kappa shape index (κ2) is 3.45. The first-order chi connectivity index (χ1) is 8.22. The number of aromatic amines is 1. The molecule has 3 aromatic rings. The first-order valence-corrected chi connectivity index (χ1v) is 5.68. The highest BCUT2D eigenvalue weighted by atomic mass is 16.1. The Labute approximate surface area is 97.9 Å². The van der Waals surface area contributed by atoms with Gasteiger partial charge in [-0.3, -0.25) is 9.48 Å². The lowest BCUT2D eigenvalue weighted by atomic mass is 10.1. The van der Waals surface area contributed by atoms with E-state index in [0.717, 1.165) is 28.4 Å². The molecule has 0 atom stereocenters. The van der Waals surface area contributed by atoms with E-state index >= 15 is 0 Å². The molecule has 0 aliphatic carbocycles. The van der Waals surface area contributed by atoms with Crippen molar-refractivity contribution in [3.05, 3.63) is 40.2 Å². The number of nitrogens with zero attached hydrogens (tertiary/aromatic N) is 2. The molecule has 1 aromatic carbocycles. The van der Waals surface area contributed by atoms with E-state index < -0.39 is 0 Å². The fourth-order valence-electron chi connectivity index (χ4n) is 2.29. The monoisotopic (exact) mass is 227 g/mol. The van der Waals surface area contributed by atoms with Crippen LogP contribution in [0.3, 0.4) is 0 Å². The van der Waals surface area contributed by atoms with Gasteiger partial charge in [0.15, 0.2) is 0 Å². The molecule has 0 radical (unpaired) electrons. The van der Waals surface area contributed by atoms with Gasteiger partial charge in [-0.15, -0.1) is 0 Å². The molecule has 0 saturated heterocycles. The molecule has 0 unspecified atom stereocenters. The van der Waals surface area contributed by atoms with Gasteiger partial charge in [-0.25, -0.2) is 0 Å². The summed E-state index contributed by atoms with van der Waals surface area (Å²) in [6, 6.07) is 5.83. The topological polar surface area (TPSA) is 50.7 Å². The number of nitrogens with one attached hydrogen (secondary N) is 1. The number of hydrogen-bond donors (Lipinski definition) is 1. The summed E-state index contributed by atoms with van der Waals surface area (Å²) in [5.41, 5.74) is 3.56. The van der Waals surface area contributed by atoms with Gasteiger partial charge >= 0.3 is 0 Å². The van der Waals surface area contributed by atoms with Crippen LogP contribution in [0.25, 0.3) is 21.9 Å². The van der Waals surface area contributed by atoms with Crippen molar-refractivity contribution in [2.75, 3.05) is 0 Å². The first-order valence-electron chi connectivity index (χ1n) is 5.68. The van der Waals surface area contributed by atoms with Crippen molar-refractivity contribution in [3.8, 4) is 0 Å². The van der Waals surface area contributed by atoms with Crippen molar-refractivity contribution >= 4 is 21.9 Å². The van der Waals surface area contributed by atoms with Crippen LogP contribution in [-0.4, -0.2) is 14.8 Å². The van der Waals surface area contributed by atoms with Crippen molar-refractivity contribution in [1.29, 1.82) is 0 Å². The van der Waals surface area contributed by atoms with E-state index in [1.54, 1.807) is 17.9 Å². The SMILES string of the molecule is CCc1cccc2c(=O)c3c(cnn3C)[nH]c12. The molecule has 4 nitrogen and oxygen atoms in total. The van der Waals surface area contributed by atoms with Crippen molar-refractivity contribution in [2.24, 2.45) is 7.05 Å². The van der Waals surface area contributed by atoms with Gasteiger partial charge in [-0.2, -0.15) is 5.10 Å². The highest BCUT2D eigenvalue weighted by Crippen LogP contribution is 2.17. The summed E-state index contributed by atoms with van der Waals surface area (Å²) in [5.74, 6) is 0. The highest BCUT2D eigenvalue weighted by Gasteiger charge is 2.10. The zero-order valence-corrected chi connectivity index (χ0v) is 9.82. The number of H-pyrrole nitrogens is 1. The van der Waals surface area contributed by atoms with E-state index in [1.165, 1.54) is 0 Å². The Kier molecular flexibility index (Phi) is 2.04. The van der Waals surface area contributed by atoms with Gasteiger partial charge in [0, 0.05) is 12.4 Å². The quantitative estimate of drug-likeness (QED) is 0.691. The number of pyridine rings is 1. The molecule has 0 aliphatic heterocycles. The summed E-state index contributed by atoms with van der Waals surface area (Å²) in [6.07, 6.45) is 2.60. The van der Waals surface area contributed by atoms with E-state index in [-0.39, 0.29) is 5.43 Å². The van der Waals surface area contributed by atoms with E-state index in [1.807, 2.05) is 18.2 Å². The molecule has 17 heavy (non-hydrogen) atoms. The third kappa shape index (κ3) is 1.30. The molecule has 0 bridgehead atoms. The van der Waals surface area contributed by atoms with Crippen molar-refractivity contribution < 1.29 is 0 Å². The zero-order chi connectivity index (χ0) is 12.0. The van der Waals surface area contributed by atoms with Gasteiger partial charge < -0.3 is 4.98 Å². The normalized spacial score (nSPS) is 11.4. The Balaban J connectivity index is 2.61. The number of rotatable bonds is 1. The lowest BCUT2D eigenvalue weighted by molar-refractivity contribution is 0.795. The second-order valence-electron chi connectivity index (χ2n) is 4.18. The van der Waals surface area contributed by atoms with Crippen LogP contribution in [0.15, 0.2) is 29.2 Å². The molecule has 4 heteroatoms. The fraction of sp³-hybridized carbons (Fsp3) is 0.231. The minimum absolute atomic E-state index is 0.0454. The van der Waals surface area contributed by atoms with Crippen molar-refractivity contribution in [1.82, 2.24) is 14.8 Å². The Hall–Kier alpha value is -2.10. The smallest absolute Gasteiger partial charge is 0.215 e. The number of aromatic nitrogens is 3. The molecular formula is C13H13N3O. The number of fused-ring (bicyclic) bond motifs is 2. The predicted molar refractivity (Wildman–Crippen MR) is 68.2 cm³/mol. The molecule has 0 aliphatic rings. The largest absolute Gasteiger partial charge is 0.352 e. The van der Waals surface area contributed by atoms with E-state index in [0.29, 0.717) is 5.52 Å². The summed E-state index contributed by atoms with van der Waals surface area (Å²) in [7, 11) is 1.78. The standard InChI is InChI=1S/C13H13N3O/c1-3-8-5-4-6-9-11(8)15-10-7-14-16(2)12(10)13(9)17/h4-7H,3H2,1-2H3,(H,15,17). The average molecular weight is 227 g/mol. The van der Waals surface area contributed by atoms with Crippen LogP contribution in [0, 0.1) is 0 Å². The highest BCUT2D eigenvalue weighted by molar-refractivity contribution is 5.92. The fourth-order valence-corrected chi connectivity index (χ4v) is 2.29. The van der Waals surface area contributed by atoms with E-state index in [4.69, 9.17) is 0 Å². The Morgan fingerprint density at radius 1 is 1.41 bits per heavy atom. The third-order valence-corrected chi connectivity index (χ3v) is 3.19.